The van der Waals surface area contributed by atoms with Gasteiger partial charge in [-0.2, -0.15) is 0 Å². The summed E-state index contributed by atoms with van der Waals surface area (Å²) in [4.78, 5) is 11.6. The molecule has 0 aliphatic heterocycles. The number of benzene rings is 1. The van der Waals surface area contributed by atoms with Gasteiger partial charge in [0.25, 0.3) is 0 Å². The lowest BCUT2D eigenvalue weighted by molar-refractivity contribution is 0.104. The van der Waals surface area contributed by atoms with Gasteiger partial charge in [-0.25, -0.2) is 0 Å². The highest BCUT2D eigenvalue weighted by Crippen LogP contribution is 2.22. The fourth-order valence-electron chi connectivity index (χ4n) is 1.30. The molecule has 0 radical (unpaired) electrons. The fraction of sp³-hybridized carbons (Fsp3) is 0.308. The number of carbonyl (C=O) groups is 1. The number of carbonyl (C=O) groups excluding carboxylic acids is 1. The molecule has 1 aromatic carbocycles. The van der Waals surface area contributed by atoms with Crippen molar-refractivity contribution in [2.24, 2.45) is 0 Å². The summed E-state index contributed by atoms with van der Waals surface area (Å²) in [5.74, 6) is 0.523. The van der Waals surface area contributed by atoms with Crippen LogP contribution in [-0.2, 0) is 0 Å². The van der Waals surface area contributed by atoms with Crippen molar-refractivity contribution in [3.05, 3.63) is 42.0 Å². The van der Waals surface area contributed by atoms with Crippen molar-refractivity contribution in [2.75, 3.05) is 0 Å². The molecule has 1 rings (SSSR count). The van der Waals surface area contributed by atoms with Crippen LogP contribution in [0.1, 0.15) is 29.8 Å². The molecule has 0 saturated carbocycles. The van der Waals surface area contributed by atoms with Gasteiger partial charge in [0.1, 0.15) is 5.75 Å². The van der Waals surface area contributed by atoms with Gasteiger partial charge in [-0.15, -0.1) is 0 Å². The van der Waals surface area contributed by atoms with E-state index in [2.05, 4.69) is 6.58 Å². The zero-order chi connectivity index (χ0) is 11.4. The van der Waals surface area contributed by atoms with Gasteiger partial charge in [-0.05, 0) is 39.0 Å². The Hall–Kier alpha value is -1.57. The van der Waals surface area contributed by atoms with Crippen LogP contribution in [0.3, 0.4) is 0 Å². The van der Waals surface area contributed by atoms with E-state index in [1.807, 2.05) is 39.0 Å². The molecule has 0 unspecified atom stereocenters. The SMILES string of the molecule is C=CC(=O)c1cc(C)ccc1OC(C)C. The van der Waals surface area contributed by atoms with Gasteiger partial charge in [0.15, 0.2) is 5.78 Å². The second-order valence-electron chi connectivity index (χ2n) is 3.73. The van der Waals surface area contributed by atoms with Crippen molar-refractivity contribution in [1.29, 1.82) is 0 Å². The minimum absolute atomic E-state index is 0.0593. The number of hydrogen-bond acceptors (Lipinski definition) is 2. The lowest BCUT2D eigenvalue weighted by Gasteiger charge is -2.13. The summed E-state index contributed by atoms with van der Waals surface area (Å²) >= 11 is 0. The first-order valence-corrected chi connectivity index (χ1v) is 4.98. The maximum atomic E-state index is 11.6. The van der Waals surface area contributed by atoms with E-state index in [1.165, 1.54) is 6.08 Å². The summed E-state index contributed by atoms with van der Waals surface area (Å²) in [6, 6.07) is 5.57. The molecule has 1 aromatic rings. The van der Waals surface area contributed by atoms with E-state index in [9.17, 15) is 4.79 Å². The van der Waals surface area contributed by atoms with Gasteiger partial charge < -0.3 is 4.74 Å². The number of ether oxygens (including phenoxy) is 1. The van der Waals surface area contributed by atoms with Crippen LogP contribution in [-0.4, -0.2) is 11.9 Å². The van der Waals surface area contributed by atoms with E-state index >= 15 is 0 Å². The van der Waals surface area contributed by atoms with Gasteiger partial charge in [0.05, 0.1) is 11.7 Å². The molecule has 0 bridgehead atoms. The van der Waals surface area contributed by atoms with Crippen molar-refractivity contribution in [3.63, 3.8) is 0 Å². The van der Waals surface area contributed by atoms with Gasteiger partial charge in [0.2, 0.25) is 0 Å². The summed E-state index contributed by atoms with van der Waals surface area (Å²) in [5.41, 5.74) is 1.62. The van der Waals surface area contributed by atoms with E-state index in [1.54, 1.807) is 0 Å². The van der Waals surface area contributed by atoms with Gasteiger partial charge >= 0.3 is 0 Å². The van der Waals surface area contributed by atoms with E-state index in [0.29, 0.717) is 11.3 Å². The predicted molar refractivity (Wildman–Crippen MR) is 61.5 cm³/mol. The Balaban J connectivity index is 3.13. The van der Waals surface area contributed by atoms with E-state index in [-0.39, 0.29) is 11.9 Å². The van der Waals surface area contributed by atoms with Crippen LogP contribution in [0.5, 0.6) is 5.75 Å². The average Bonchev–Trinajstić information content (AvgIpc) is 2.19. The first kappa shape index (κ1) is 11.5. The van der Waals surface area contributed by atoms with Gasteiger partial charge in [-0.3, -0.25) is 4.79 Å². The van der Waals surface area contributed by atoms with Crippen molar-refractivity contribution in [3.8, 4) is 5.75 Å². The molecule has 0 saturated heterocycles. The van der Waals surface area contributed by atoms with Crippen LogP contribution < -0.4 is 4.74 Å². The molecule has 0 N–H and O–H groups in total. The Kier molecular flexibility index (Phi) is 3.67. The van der Waals surface area contributed by atoms with Crippen molar-refractivity contribution < 1.29 is 9.53 Å². The molecule has 0 atom stereocenters. The van der Waals surface area contributed by atoms with E-state index in [4.69, 9.17) is 4.74 Å². The normalized spacial score (nSPS) is 10.1. The third kappa shape index (κ3) is 2.94. The van der Waals surface area contributed by atoms with Crippen molar-refractivity contribution >= 4 is 5.78 Å². The number of aryl methyl sites for hydroxylation is 1. The molecular formula is C13H16O2. The molecule has 0 aromatic heterocycles. The molecule has 2 heteroatoms. The third-order valence-electron chi connectivity index (χ3n) is 1.95. The van der Waals surface area contributed by atoms with Gasteiger partial charge in [-0.1, -0.05) is 18.2 Å². The maximum absolute atomic E-state index is 11.6. The molecule has 15 heavy (non-hydrogen) atoms. The maximum Gasteiger partial charge on any atom is 0.188 e. The third-order valence-corrected chi connectivity index (χ3v) is 1.95. The molecule has 0 aliphatic carbocycles. The predicted octanol–water partition coefficient (Wildman–Crippen LogP) is 3.15. The number of hydrogen-bond donors (Lipinski definition) is 0. The summed E-state index contributed by atoms with van der Waals surface area (Å²) in [5, 5.41) is 0. The topological polar surface area (TPSA) is 26.3 Å². The Morgan fingerprint density at radius 1 is 1.47 bits per heavy atom. The molecule has 0 fully saturated rings. The lowest BCUT2D eigenvalue weighted by Crippen LogP contribution is -2.09. The van der Waals surface area contributed by atoms with Crippen molar-refractivity contribution in [2.45, 2.75) is 26.9 Å². The standard InChI is InChI=1S/C13H16O2/c1-5-12(14)11-8-10(4)6-7-13(11)15-9(2)3/h5-9H,1H2,2-4H3. The molecule has 2 nitrogen and oxygen atoms in total. The zero-order valence-corrected chi connectivity index (χ0v) is 9.41. The Labute approximate surface area is 90.6 Å². The highest BCUT2D eigenvalue weighted by atomic mass is 16.5. The molecular weight excluding hydrogens is 188 g/mol. The molecule has 0 aliphatic rings. The Morgan fingerprint density at radius 2 is 2.13 bits per heavy atom. The summed E-state index contributed by atoms with van der Waals surface area (Å²) < 4.78 is 5.55. The minimum Gasteiger partial charge on any atom is -0.490 e. The number of ketones is 1. The average molecular weight is 204 g/mol. The number of rotatable bonds is 4. The second-order valence-corrected chi connectivity index (χ2v) is 3.73. The second kappa shape index (κ2) is 4.78. The summed E-state index contributed by atoms with van der Waals surface area (Å²) in [6.45, 7) is 9.29. The largest absolute Gasteiger partial charge is 0.490 e. The van der Waals surface area contributed by atoms with Crippen LogP contribution in [0.2, 0.25) is 0 Å². The van der Waals surface area contributed by atoms with Crippen LogP contribution in [0.15, 0.2) is 30.9 Å². The molecule has 80 valence electrons. The number of allylic oxidation sites excluding steroid dienone is 1. The Bertz CT molecular complexity index is 378. The molecule has 0 heterocycles. The van der Waals surface area contributed by atoms with E-state index in [0.717, 1.165) is 5.56 Å². The van der Waals surface area contributed by atoms with E-state index < -0.39 is 0 Å². The first-order valence-electron chi connectivity index (χ1n) is 4.98. The van der Waals surface area contributed by atoms with Crippen LogP contribution in [0.4, 0.5) is 0 Å². The summed E-state index contributed by atoms with van der Waals surface area (Å²) in [7, 11) is 0. The van der Waals surface area contributed by atoms with Crippen LogP contribution in [0, 0.1) is 6.92 Å². The minimum atomic E-state index is -0.102. The fourth-order valence-corrected chi connectivity index (χ4v) is 1.30. The van der Waals surface area contributed by atoms with Crippen molar-refractivity contribution in [1.82, 2.24) is 0 Å². The molecule has 0 spiro atoms. The smallest absolute Gasteiger partial charge is 0.188 e. The lowest BCUT2D eigenvalue weighted by atomic mass is 10.1. The van der Waals surface area contributed by atoms with Crippen LogP contribution in [0.25, 0.3) is 0 Å². The highest BCUT2D eigenvalue weighted by Gasteiger charge is 2.10. The Morgan fingerprint density at radius 3 is 2.67 bits per heavy atom. The molecule has 0 amide bonds. The quantitative estimate of drug-likeness (QED) is 0.556. The van der Waals surface area contributed by atoms with Gasteiger partial charge in [0, 0.05) is 0 Å². The monoisotopic (exact) mass is 204 g/mol. The zero-order valence-electron chi connectivity index (χ0n) is 9.41. The highest BCUT2D eigenvalue weighted by molar-refractivity contribution is 6.06. The first-order chi connectivity index (χ1) is 7.04. The van der Waals surface area contributed by atoms with Crippen LogP contribution >= 0.6 is 0 Å². The summed E-state index contributed by atoms with van der Waals surface area (Å²) in [6.07, 6.45) is 1.37.